The molecule has 3 aromatic rings. The van der Waals surface area contributed by atoms with Crippen molar-refractivity contribution in [2.45, 2.75) is 44.2 Å². The molecule has 6 heteroatoms. The van der Waals surface area contributed by atoms with Crippen molar-refractivity contribution in [1.29, 1.82) is 0 Å². The van der Waals surface area contributed by atoms with Gasteiger partial charge in [0.15, 0.2) is 0 Å². The first-order chi connectivity index (χ1) is 15.1. The Kier molecular flexibility index (Phi) is 5.40. The maximum Gasteiger partial charge on any atom is 0.265 e. The van der Waals surface area contributed by atoms with Crippen molar-refractivity contribution < 1.29 is 9.47 Å². The van der Waals surface area contributed by atoms with Crippen LogP contribution in [-0.4, -0.2) is 46.8 Å². The highest BCUT2D eigenvalue weighted by Gasteiger charge is 2.29. The molecule has 1 aliphatic heterocycles. The Morgan fingerprint density at radius 1 is 1.00 bits per heavy atom. The molecule has 5 rings (SSSR count). The van der Waals surface area contributed by atoms with Gasteiger partial charge in [0.05, 0.1) is 12.6 Å². The smallest absolute Gasteiger partial charge is 0.265 e. The lowest BCUT2D eigenvalue weighted by molar-refractivity contribution is 0.0493. The monoisotopic (exact) mass is 419 g/mol. The molecule has 2 aromatic carbocycles. The number of piperidine rings is 1. The molecule has 2 fully saturated rings. The minimum Gasteiger partial charge on any atom is -0.496 e. The van der Waals surface area contributed by atoms with Crippen LogP contribution in [0.1, 0.15) is 32.1 Å². The summed E-state index contributed by atoms with van der Waals surface area (Å²) in [5.41, 5.74) is 1.41. The van der Waals surface area contributed by atoms with Crippen molar-refractivity contribution in [2.75, 3.05) is 20.2 Å². The quantitative estimate of drug-likeness (QED) is 0.626. The molecule has 0 atom stereocenters. The van der Waals surface area contributed by atoms with E-state index in [1.807, 2.05) is 36.4 Å². The van der Waals surface area contributed by atoms with E-state index in [1.54, 1.807) is 24.8 Å². The van der Waals surface area contributed by atoms with E-state index in [0.29, 0.717) is 22.5 Å². The van der Waals surface area contributed by atoms with E-state index in [9.17, 15) is 4.79 Å². The van der Waals surface area contributed by atoms with E-state index in [2.05, 4.69) is 4.90 Å². The highest BCUT2D eigenvalue weighted by Crippen LogP contribution is 2.29. The Labute approximate surface area is 182 Å². The van der Waals surface area contributed by atoms with E-state index in [1.165, 1.54) is 19.3 Å². The van der Waals surface area contributed by atoms with Gasteiger partial charge in [-0.3, -0.25) is 9.36 Å². The Morgan fingerprint density at radius 2 is 1.74 bits per heavy atom. The number of aromatic nitrogens is 2. The lowest BCUT2D eigenvalue weighted by Crippen LogP contribution is -2.46. The predicted octanol–water partition coefficient (Wildman–Crippen LogP) is 4.00. The van der Waals surface area contributed by atoms with Gasteiger partial charge >= 0.3 is 0 Å². The summed E-state index contributed by atoms with van der Waals surface area (Å²) in [5, 5.41) is 0.504. The fraction of sp³-hybridized carbons (Fsp3) is 0.440. The molecule has 0 spiro atoms. The Bertz CT molecular complexity index is 1130. The third kappa shape index (κ3) is 3.81. The van der Waals surface area contributed by atoms with E-state index >= 15 is 0 Å². The summed E-state index contributed by atoms with van der Waals surface area (Å²) in [6, 6.07) is 14.2. The molecule has 0 radical (unpaired) electrons. The number of hydrogen-bond acceptors (Lipinski definition) is 5. The number of fused-ring (bicyclic) bond motifs is 1. The maximum atomic E-state index is 12.9. The molecule has 1 saturated carbocycles. The van der Waals surface area contributed by atoms with Crippen molar-refractivity contribution in [3.8, 4) is 22.9 Å². The van der Waals surface area contributed by atoms with Gasteiger partial charge in [-0.05, 0) is 62.1 Å². The molecule has 2 heterocycles. The summed E-state index contributed by atoms with van der Waals surface area (Å²) in [5.74, 6) is 2.05. The van der Waals surface area contributed by atoms with Crippen LogP contribution in [0.4, 0.5) is 0 Å². The second-order valence-corrected chi connectivity index (χ2v) is 8.62. The Hall–Kier alpha value is -2.86. The largest absolute Gasteiger partial charge is 0.496 e. The number of benzene rings is 2. The number of hydrogen-bond donors (Lipinski definition) is 0. The molecule has 0 unspecified atom stereocenters. The van der Waals surface area contributed by atoms with E-state index in [4.69, 9.17) is 14.5 Å². The molecule has 0 amide bonds. The summed E-state index contributed by atoms with van der Waals surface area (Å²) in [4.78, 5) is 20.3. The van der Waals surface area contributed by atoms with E-state index in [-0.39, 0.29) is 11.7 Å². The molecule has 1 aliphatic carbocycles. The van der Waals surface area contributed by atoms with Crippen LogP contribution in [0.25, 0.3) is 22.3 Å². The van der Waals surface area contributed by atoms with Crippen molar-refractivity contribution >= 4 is 10.9 Å². The Morgan fingerprint density at radius 3 is 2.39 bits per heavy atom. The van der Waals surface area contributed by atoms with Gasteiger partial charge in [0.1, 0.15) is 28.8 Å². The zero-order valence-corrected chi connectivity index (χ0v) is 18.2. The van der Waals surface area contributed by atoms with Gasteiger partial charge in [0, 0.05) is 31.7 Å². The topological polar surface area (TPSA) is 56.6 Å². The average Bonchev–Trinajstić information content (AvgIpc) is 2.76. The maximum absolute atomic E-state index is 12.9. The SMILES string of the molecule is COc1cccc2nc(-c3ccc(OC4CCN(C5CCC5)CC4)cc3)n(C)c(=O)c12. The van der Waals surface area contributed by atoms with Crippen LogP contribution in [0.3, 0.4) is 0 Å². The van der Waals surface area contributed by atoms with E-state index in [0.717, 1.165) is 43.3 Å². The molecule has 0 N–H and O–H groups in total. The van der Waals surface area contributed by atoms with Crippen LogP contribution in [-0.2, 0) is 7.05 Å². The van der Waals surface area contributed by atoms with Crippen LogP contribution in [0.15, 0.2) is 47.3 Å². The highest BCUT2D eigenvalue weighted by atomic mass is 16.5. The summed E-state index contributed by atoms with van der Waals surface area (Å²) < 4.78 is 13.2. The molecule has 0 bridgehead atoms. The molecule has 31 heavy (non-hydrogen) atoms. The summed E-state index contributed by atoms with van der Waals surface area (Å²) >= 11 is 0. The first-order valence-electron chi connectivity index (χ1n) is 11.2. The standard InChI is InChI=1S/C25H29N3O3/c1-27-24(26-21-7-4-8-22(30-2)23(21)25(27)29)17-9-11-19(12-10-17)31-20-13-15-28(16-14-20)18-5-3-6-18/h4,7-12,18,20H,3,5-6,13-16H2,1-2H3. The fourth-order valence-corrected chi connectivity index (χ4v) is 4.69. The molecule has 1 aromatic heterocycles. The normalized spacial score (nSPS) is 18.1. The van der Waals surface area contributed by atoms with E-state index < -0.39 is 0 Å². The average molecular weight is 420 g/mol. The van der Waals surface area contributed by atoms with Crippen molar-refractivity contribution in [2.24, 2.45) is 7.05 Å². The minimum absolute atomic E-state index is 0.115. The first-order valence-corrected chi connectivity index (χ1v) is 11.2. The van der Waals surface area contributed by atoms with Gasteiger partial charge in [-0.2, -0.15) is 0 Å². The lowest BCUT2D eigenvalue weighted by Gasteiger charge is -2.41. The van der Waals surface area contributed by atoms with Gasteiger partial charge in [-0.25, -0.2) is 4.98 Å². The molecule has 2 aliphatic rings. The third-order valence-corrected chi connectivity index (χ3v) is 6.77. The number of ether oxygens (including phenoxy) is 2. The number of likely N-dealkylation sites (tertiary alicyclic amines) is 1. The molecule has 162 valence electrons. The third-order valence-electron chi connectivity index (χ3n) is 6.77. The summed E-state index contributed by atoms with van der Waals surface area (Å²) in [7, 11) is 3.31. The number of methoxy groups -OCH3 is 1. The van der Waals surface area contributed by atoms with Crippen LogP contribution >= 0.6 is 0 Å². The highest BCUT2D eigenvalue weighted by molar-refractivity contribution is 5.85. The van der Waals surface area contributed by atoms with Gasteiger partial charge < -0.3 is 14.4 Å². The minimum atomic E-state index is -0.115. The molecule has 6 nitrogen and oxygen atoms in total. The molecule has 1 saturated heterocycles. The van der Waals surface area contributed by atoms with Gasteiger partial charge in [0.2, 0.25) is 0 Å². The molecular weight excluding hydrogens is 390 g/mol. The van der Waals surface area contributed by atoms with Gasteiger partial charge in [-0.1, -0.05) is 12.5 Å². The van der Waals surface area contributed by atoms with Crippen molar-refractivity contribution in [3.63, 3.8) is 0 Å². The van der Waals surface area contributed by atoms with Crippen LogP contribution in [0.2, 0.25) is 0 Å². The number of nitrogens with zero attached hydrogens (tertiary/aromatic N) is 3. The van der Waals surface area contributed by atoms with Crippen molar-refractivity contribution in [1.82, 2.24) is 14.5 Å². The zero-order valence-electron chi connectivity index (χ0n) is 18.2. The van der Waals surface area contributed by atoms with Gasteiger partial charge in [0.25, 0.3) is 5.56 Å². The second kappa shape index (κ2) is 8.35. The first kappa shape index (κ1) is 20.1. The van der Waals surface area contributed by atoms with Crippen LogP contribution in [0.5, 0.6) is 11.5 Å². The second-order valence-electron chi connectivity index (χ2n) is 8.62. The zero-order chi connectivity index (χ0) is 21.4. The number of rotatable bonds is 5. The fourth-order valence-electron chi connectivity index (χ4n) is 4.69. The van der Waals surface area contributed by atoms with Crippen LogP contribution in [0, 0.1) is 0 Å². The van der Waals surface area contributed by atoms with Crippen molar-refractivity contribution in [3.05, 3.63) is 52.8 Å². The summed E-state index contributed by atoms with van der Waals surface area (Å²) in [6.07, 6.45) is 6.56. The predicted molar refractivity (Wildman–Crippen MR) is 122 cm³/mol. The molecular formula is C25H29N3O3. The van der Waals surface area contributed by atoms with Crippen LogP contribution < -0.4 is 15.0 Å². The lowest BCUT2D eigenvalue weighted by atomic mass is 9.90. The summed E-state index contributed by atoms with van der Waals surface area (Å²) in [6.45, 7) is 2.28. The Balaban J connectivity index is 1.33. The van der Waals surface area contributed by atoms with Gasteiger partial charge in [-0.15, -0.1) is 0 Å².